The number of carbonyl (C=O) groups excluding carboxylic acids is 1. The Bertz CT molecular complexity index is 479. The topological polar surface area (TPSA) is 61.4 Å². The molecular weight excluding hydrogens is 259 g/mol. The number of aliphatic hydroxyl groups excluding tert-OH is 1. The van der Waals surface area contributed by atoms with Gasteiger partial charge in [0.25, 0.3) is 0 Å². The van der Waals surface area contributed by atoms with Gasteiger partial charge in [-0.3, -0.25) is 0 Å². The molecule has 1 aliphatic carbocycles. The number of aryl methyl sites for hydroxylation is 1. The first kappa shape index (κ1) is 14.8. The molecule has 2 atom stereocenters. The quantitative estimate of drug-likeness (QED) is 0.775. The van der Waals surface area contributed by atoms with Crippen LogP contribution in [0.1, 0.15) is 43.4 Å². The molecule has 0 spiro atoms. The molecule has 2 amide bonds. The molecule has 1 aromatic rings. The molecule has 3 N–H and O–H groups in total. The SMILES string of the molecule is CCC(O)CCNC(=O)NC1CCc2cc(F)ccc21. The Morgan fingerprint density at radius 3 is 3.10 bits per heavy atom. The fraction of sp³-hybridized carbons (Fsp3) is 0.533. The van der Waals surface area contributed by atoms with E-state index in [1.54, 1.807) is 6.07 Å². The van der Waals surface area contributed by atoms with E-state index in [9.17, 15) is 14.3 Å². The fourth-order valence-electron chi connectivity index (χ4n) is 2.50. The van der Waals surface area contributed by atoms with Gasteiger partial charge in [-0.2, -0.15) is 0 Å². The number of rotatable bonds is 5. The van der Waals surface area contributed by atoms with E-state index in [1.807, 2.05) is 6.92 Å². The van der Waals surface area contributed by atoms with E-state index < -0.39 is 0 Å². The minimum absolute atomic E-state index is 0.0540. The summed E-state index contributed by atoms with van der Waals surface area (Å²) in [4.78, 5) is 11.8. The maximum Gasteiger partial charge on any atom is 0.315 e. The van der Waals surface area contributed by atoms with Crippen LogP contribution in [0.3, 0.4) is 0 Å². The molecule has 2 rings (SSSR count). The number of hydrogen-bond acceptors (Lipinski definition) is 2. The zero-order valence-corrected chi connectivity index (χ0v) is 11.7. The molecule has 4 nitrogen and oxygen atoms in total. The van der Waals surface area contributed by atoms with Gasteiger partial charge < -0.3 is 15.7 Å². The van der Waals surface area contributed by atoms with Crippen molar-refractivity contribution < 1.29 is 14.3 Å². The van der Waals surface area contributed by atoms with Crippen molar-refractivity contribution in [2.45, 2.75) is 44.8 Å². The van der Waals surface area contributed by atoms with E-state index >= 15 is 0 Å². The largest absolute Gasteiger partial charge is 0.393 e. The van der Waals surface area contributed by atoms with E-state index in [2.05, 4.69) is 10.6 Å². The zero-order chi connectivity index (χ0) is 14.5. The summed E-state index contributed by atoms with van der Waals surface area (Å²) in [6, 6.07) is 4.40. The molecule has 1 aliphatic rings. The van der Waals surface area contributed by atoms with Gasteiger partial charge in [0.1, 0.15) is 5.82 Å². The third-order valence-corrected chi connectivity index (χ3v) is 3.72. The Hall–Kier alpha value is -1.62. The molecule has 0 aliphatic heterocycles. The van der Waals surface area contributed by atoms with Crippen LogP contribution in [-0.2, 0) is 6.42 Å². The summed E-state index contributed by atoms with van der Waals surface area (Å²) in [6.07, 6.45) is 2.45. The van der Waals surface area contributed by atoms with Crippen molar-refractivity contribution in [2.24, 2.45) is 0 Å². The van der Waals surface area contributed by atoms with E-state index in [4.69, 9.17) is 0 Å². The molecule has 2 unspecified atom stereocenters. The summed E-state index contributed by atoms with van der Waals surface area (Å²) in [7, 11) is 0. The van der Waals surface area contributed by atoms with Crippen molar-refractivity contribution >= 4 is 6.03 Å². The second-order valence-electron chi connectivity index (χ2n) is 5.19. The molecular formula is C15H21FN2O2. The van der Waals surface area contributed by atoms with Gasteiger partial charge in [0.2, 0.25) is 0 Å². The average Bonchev–Trinajstić information content (AvgIpc) is 2.80. The summed E-state index contributed by atoms with van der Waals surface area (Å²) in [5, 5.41) is 15.0. The van der Waals surface area contributed by atoms with Gasteiger partial charge >= 0.3 is 6.03 Å². The van der Waals surface area contributed by atoms with Crippen LogP contribution in [-0.4, -0.2) is 23.8 Å². The minimum Gasteiger partial charge on any atom is -0.393 e. The highest BCUT2D eigenvalue weighted by Gasteiger charge is 2.24. The first-order chi connectivity index (χ1) is 9.60. The lowest BCUT2D eigenvalue weighted by atomic mass is 10.1. The van der Waals surface area contributed by atoms with Gasteiger partial charge in [-0.1, -0.05) is 13.0 Å². The van der Waals surface area contributed by atoms with Crippen LogP contribution in [0.2, 0.25) is 0 Å². The summed E-state index contributed by atoms with van der Waals surface area (Å²) in [5.41, 5.74) is 1.96. The van der Waals surface area contributed by atoms with Crippen LogP contribution in [0, 0.1) is 5.82 Å². The lowest BCUT2D eigenvalue weighted by Crippen LogP contribution is -2.38. The lowest BCUT2D eigenvalue weighted by molar-refractivity contribution is 0.160. The molecule has 0 saturated carbocycles. The fourth-order valence-corrected chi connectivity index (χ4v) is 2.50. The highest BCUT2D eigenvalue weighted by molar-refractivity contribution is 5.74. The maximum atomic E-state index is 13.1. The molecule has 0 bridgehead atoms. The Labute approximate surface area is 118 Å². The normalized spacial score (nSPS) is 18.4. The van der Waals surface area contributed by atoms with Gasteiger partial charge in [0.15, 0.2) is 0 Å². The minimum atomic E-state index is -0.370. The highest BCUT2D eigenvalue weighted by atomic mass is 19.1. The van der Waals surface area contributed by atoms with Crippen molar-refractivity contribution in [3.05, 3.63) is 35.1 Å². The monoisotopic (exact) mass is 280 g/mol. The Kier molecular flexibility index (Phi) is 4.95. The predicted molar refractivity (Wildman–Crippen MR) is 74.9 cm³/mol. The van der Waals surface area contributed by atoms with Gasteiger partial charge in [0, 0.05) is 6.54 Å². The van der Waals surface area contributed by atoms with Crippen molar-refractivity contribution in [1.29, 1.82) is 0 Å². The average molecular weight is 280 g/mol. The van der Waals surface area contributed by atoms with Gasteiger partial charge in [-0.25, -0.2) is 9.18 Å². The molecule has 5 heteroatoms. The first-order valence-electron chi connectivity index (χ1n) is 7.11. The van der Waals surface area contributed by atoms with Crippen LogP contribution in [0.25, 0.3) is 0 Å². The van der Waals surface area contributed by atoms with Crippen LogP contribution < -0.4 is 10.6 Å². The molecule has 0 fully saturated rings. The van der Waals surface area contributed by atoms with Crippen molar-refractivity contribution in [2.75, 3.05) is 6.54 Å². The van der Waals surface area contributed by atoms with Crippen molar-refractivity contribution in [3.8, 4) is 0 Å². The number of fused-ring (bicyclic) bond motifs is 1. The number of nitrogens with one attached hydrogen (secondary N) is 2. The zero-order valence-electron chi connectivity index (χ0n) is 11.7. The second-order valence-corrected chi connectivity index (χ2v) is 5.19. The molecule has 0 aromatic heterocycles. The molecule has 0 saturated heterocycles. The molecule has 1 aromatic carbocycles. The van der Waals surface area contributed by atoms with Crippen LogP contribution >= 0.6 is 0 Å². The van der Waals surface area contributed by atoms with E-state index in [0.29, 0.717) is 19.4 Å². The van der Waals surface area contributed by atoms with Gasteiger partial charge in [0.05, 0.1) is 12.1 Å². The first-order valence-corrected chi connectivity index (χ1v) is 7.11. The Morgan fingerprint density at radius 1 is 1.55 bits per heavy atom. The van der Waals surface area contributed by atoms with Gasteiger partial charge in [-0.05, 0) is 48.9 Å². The third kappa shape index (κ3) is 3.70. The van der Waals surface area contributed by atoms with Crippen LogP contribution in [0.15, 0.2) is 18.2 Å². The Balaban J connectivity index is 1.82. The van der Waals surface area contributed by atoms with Crippen LogP contribution in [0.5, 0.6) is 0 Å². The van der Waals surface area contributed by atoms with Crippen molar-refractivity contribution in [3.63, 3.8) is 0 Å². The number of amides is 2. The molecule has 110 valence electrons. The molecule has 20 heavy (non-hydrogen) atoms. The number of carbonyl (C=O) groups is 1. The van der Waals surface area contributed by atoms with E-state index in [-0.39, 0.29) is 24.0 Å². The van der Waals surface area contributed by atoms with E-state index in [0.717, 1.165) is 24.0 Å². The predicted octanol–water partition coefficient (Wildman–Crippen LogP) is 2.27. The number of aliphatic hydroxyl groups is 1. The van der Waals surface area contributed by atoms with Crippen molar-refractivity contribution in [1.82, 2.24) is 10.6 Å². The second kappa shape index (κ2) is 6.70. The summed E-state index contributed by atoms with van der Waals surface area (Å²) < 4.78 is 13.1. The van der Waals surface area contributed by atoms with Crippen LogP contribution in [0.4, 0.5) is 9.18 Å². The number of benzene rings is 1. The lowest BCUT2D eigenvalue weighted by Gasteiger charge is -2.15. The smallest absolute Gasteiger partial charge is 0.315 e. The highest BCUT2D eigenvalue weighted by Crippen LogP contribution is 2.31. The number of halogens is 1. The summed E-state index contributed by atoms with van der Waals surface area (Å²) >= 11 is 0. The van der Waals surface area contributed by atoms with Gasteiger partial charge in [-0.15, -0.1) is 0 Å². The molecule has 0 radical (unpaired) electrons. The summed E-state index contributed by atoms with van der Waals surface area (Å²) in [5.74, 6) is -0.234. The third-order valence-electron chi connectivity index (χ3n) is 3.72. The molecule has 0 heterocycles. The standard InChI is InChI=1S/C15H21FN2O2/c1-2-12(19)7-8-17-15(20)18-14-6-3-10-9-11(16)4-5-13(10)14/h4-5,9,12,14,19H,2-3,6-8H2,1H3,(H2,17,18,20). The maximum absolute atomic E-state index is 13.1. The van der Waals surface area contributed by atoms with E-state index in [1.165, 1.54) is 12.1 Å². The summed E-state index contributed by atoms with van der Waals surface area (Å²) in [6.45, 7) is 2.35. The number of hydrogen-bond donors (Lipinski definition) is 3. The Morgan fingerprint density at radius 2 is 2.35 bits per heavy atom. The number of urea groups is 1.